The molecule has 1 heterocycles. The van der Waals surface area contributed by atoms with Gasteiger partial charge in [-0.1, -0.05) is 42.2 Å². The molecule has 1 fully saturated rings. The normalized spacial score (nSPS) is 18.2. The summed E-state index contributed by atoms with van der Waals surface area (Å²) in [4.78, 5) is 14.3. The smallest absolute Gasteiger partial charge is 0.266 e. The van der Waals surface area contributed by atoms with E-state index in [4.69, 9.17) is 12.2 Å². The highest BCUT2D eigenvalue weighted by Crippen LogP contribution is 2.32. The maximum Gasteiger partial charge on any atom is 0.266 e. The van der Waals surface area contributed by atoms with Gasteiger partial charge < -0.3 is 0 Å². The number of carbonyl (C=O) groups excluding carboxylic acids is 1. The van der Waals surface area contributed by atoms with Crippen molar-refractivity contribution in [2.24, 2.45) is 0 Å². The van der Waals surface area contributed by atoms with Crippen molar-refractivity contribution < 1.29 is 4.79 Å². The Morgan fingerprint density at radius 3 is 2.76 bits per heavy atom. The third-order valence-electron chi connectivity index (χ3n) is 2.38. The number of thioether (sulfide) groups is 1. The second kappa shape index (κ2) is 5.49. The molecule has 0 aliphatic carbocycles. The summed E-state index contributed by atoms with van der Waals surface area (Å²) >= 11 is 8.81. The van der Waals surface area contributed by atoms with Crippen LogP contribution in [0.25, 0.3) is 6.08 Å². The molecule has 1 saturated heterocycles. The van der Waals surface area contributed by atoms with Gasteiger partial charge in [-0.2, -0.15) is 0 Å². The third-order valence-corrected chi connectivity index (χ3v) is 4.74. The second-order valence-electron chi connectivity index (χ2n) is 3.45. The van der Waals surface area contributed by atoms with Gasteiger partial charge in [-0.05, 0) is 47.2 Å². The van der Waals surface area contributed by atoms with Gasteiger partial charge in [-0.25, -0.2) is 0 Å². The molecule has 88 valence electrons. The Hall–Kier alpha value is -0.400. The zero-order valence-electron chi connectivity index (χ0n) is 9.14. The van der Waals surface area contributed by atoms with Crippen LogP contribution < -0.4 is 0 Å². The molecule has 1 aliphatic heterocycles. The Labute approximate surface area is 124 Å². The predicted octanol–water partition coefficient (Wildman–Crippen LogP) is 3.51. The van der Waals surface area contributed by atoms with Crippen LogP contribution in [0.2, 0.25) is 0 Å². The van der Waals surface area contributed by atoms with Crippen LogP contribution in [0.4, 0.5) is 0 Å². The highest BCUT2D eigenvalue weighted by atomic mass is 127. The van der Waals surface area contributed by atoms with Crippen LogP contribution in [0.15, 0.2) is 29.2 Å². The topological polar surface area (TPSA) is 20.3 Å². The van der Waals surface area contributed by atoms with Crippen LogP contribution in [0.3, 0.4) is 0 Å². The molecule has 2 rings (SSSR count). The summed E-state index contributed by atoms with van der Waals surface area (Å²) in [7, 11) is 0. The first-order valence-electron chi connectivity index (χ1n) is 5.13. The number of thiocarbonyl (C=S) groups is 1. The van der Waals surface area contributed by atoms with Gasteiger partial charge in [0.05, 0.1) is 4.91 Å². The van der Waals surface area contributed by atoms with E-state index in [1.165, 1.54) is 11.8 Å². The SMILES string of the molecule is CCN1C(=O)/C(=C/c2ccccc2I)SC1=S. The van der Waals surface area contributed by atoms with Crippen molar-refractivity contribution in [3.63, 3.8) is 0 Å². The standard InChI is InChI=1S/C12H10INOS2/c1-2-14-11(15)10(17-12(14)16)7-8-5-3-4-6-9(8)13/h3-7H,2H2,1H3/b10-7-. The summed E-state index contributed by atoms with van der Waals surface area (Å²) in [5.74, 6) is 0.0159. The lowest BCUT2D eigenvalue weighted by Gasteiger charge is -2.09. The van der Waals surface area contributed by atoms with Gasteiger partial charge in [-0.15, -0.1) is 0 Å². The summed E-state index contributed by atoms with van der Waals surface area (Å²) in [5.41, 5.74) is 1.06. The molecular formula is C12H10INOS2. The molecule has 2 nitrogen and oxygen atoms in total. The first kappa shape index (κ1) is 13.0. The molecule has 17 heavy (non-hydrogen) atoms. The largest absolute Gasteiger partial charge is 0.293 e. The van der Waals surface area contributed by atoms with Gasteiger partial charge >= 0.3 is 0 Å². The molecule has 0 bridgehead atoms. The van der Waals surface area contributed by atoms with Crippen LogP contribution in [-0.2, 0) is 4.79 Å². The molecule has 1 aromatic carbocycles. The van der Waals surface area contributed by atoms with E-state index in [1.807, 2.05) is 37.3 Å². The van der Waals surface area contributed by atoms with E-state index in [0.29, 0.717) is 15.8 Å². The fourth-order valence-corrected chi connectivity index (χ4v) is 3.42. The van der Waals surface area contributed by atoms with Gasteiger partial charge in [0.25, 0.3) is 5.91 Å². The van der Waals surface area contributed by atoms with E-state index in [1.54, 1.807) is 4.90 Å². The number of likely N-dealkylation sites (N-methyl/N-ethyl adjacent to an activating group) is 1. The molecule has 0 aromatic heterocycles. The lowest BCUT2D eigenvalue weighted by Crippen LogP contribution is -2.27. The average Bonchev–Trinajstić information content (AvgIpc) is 2.57. The number of rotatable bonds is 2. The average molecular weight is 375 g/mol. The van der Waals surface area contributed by atoms with E-state index in [2.05, 4.69) is 22.6 Å². The molecule has 0 saturated carbocycles. The highest BCUT2D eigenvalue weighted by Gasteiger charge is 2.30. The lowest BCUT2D eigenvalue weighted by molar-refractivity contribution is -0.121. The number of hydrogen-bond acceptors (Lipinski definition) is 3. The quantitative estimate of drug-likeness (QED) is 0.448. The zero-order chi connectivity index (χ0) is 12.4. The van der Waals surface area contributed by atoms with Crippen molar-refractivity contribution in [1.29, 1.82) is 0 Å². The van der Waals surface area contributed by atoms with Crippen molar-refractivity contribution in [1.82, 2.24) is 4.90 Å². The molecule has 0 atom stereocenters. The maximum atomic E-state index is 12.0. The predicted molar refractivity (Wildman–Crippen MR) is 84.7 cm³/mol. The molecule has 1 aliphatic rings. The van der Waals surface area contributed by atoms with Gasteiger partial charge in [0.15, 0.2) is 0 Å². The molecule has 1 amide bonds. The number of halogens is 1. The minimum atomic E-state index is 0.0159. The summed E-state index contributed by atoms with van der Waals surface area (Å²) < 4.78 is 1.78. The zero-order valence-corrected chi connectivity index (χ0v) is 12.9. The van der Waals surface area contributed by atoms with E-state index in [9.17, 15) is 4.79 Å². The van der Waals surface area contributed by atoms with Crippen LogP contribution >= 0.6 is 46.6 Å². The van der Waals surface area contributed by atoms with Crippen molar-refractivity contribution in [3.05, 3.63) is 38.3 Å². The Morgan fingerprint density at radius 2 is 2.18 bits per heavy atom. The fourth-order valence-electron chi connectivity index (χ4n) is 1.51. The highest BCUT2D eigenvalue weighted by molar-refractivity contribution is 14.1. The van der Waals surface area contributed by atoms with Crippen LogP contribution in [0, 0.1) is 3.57 Å². The summed E-state index contributed by atoms with van der Waals surface area (Å²) in [6.45, 7) is 2.56. The molecular weight excluding hydrogens is 365 g/mol. The minimum absolute atomic E-state index is 0.0159. The Bertz CT molecular complexity index is 513. The monoisotopic (exact) mass is 375 g/mol. The van der Waals surface area contributed by atoms with Gasteiger partial charge in [0.2, 0.25) is 0 Å². The Kier molecular flexibility index (Phi) is 4.22. The van der Waals surface area contributed by atoms with E-state index >= 15 is 0 Å². The van der Waals surface area contributed by atoms with E-state index < -0.39 is 0 Å². The fraction of sp³-hybridized carbons (Fsp3) is 0.167. The maximum absolute atomic E-state index is 12.0. The van der Waals surface area contributed by atoms with Gasteiger partial charge in [-0.3, -0.25) is 9.69 Å². The van der Waals surface area contributed by atoms with Crippen molar-refractivity contribution in [3.8, 4) is 0 Å². The van der Waals surface area contributed by atoms with E-state index in [-0.39, 0.29) is 5.91 Å². The number of nitrogens with zero attached hydrogens (tertiary/aromatic N) is 1. The summed E-state index contributed by atoms with van der Waals surface area (Å²) in [6, 6.07) is 7.97. The van der Waals surface area contributed by atoms with Crippen molar-refractivity contribution in [2.75, 3.05) is 6.54 Å². The number of amides is 1. The van der Waals surface area contributed by atoms with E-state index in [0.717, 1.165) is 9.13 Å². The molecule has 5 heteroatoms. The lowest BCUT2D eigenvalue weighted by atomic mass is 10.2. The van der Waals surface area contributed by atoms with Crippen molar-refractivity contribution >= 4 is 62.9 Å². The van der Waals surface area contributed by atoms with Crippen LogP contribution in [-0.4, -0.2) is 21.7 Å². The third kappa shape index (κ3) is 2.71. The van der Waals surface area contributed by atoms with Crippen LogP contribution in [0.1, 0.15) is 12.5 Å². The Morgan fingerprint density at radius 1 is 1.47 bits per heavy atom. The van der Waals surface area contributed by atoms with Crippen molar-refractivity contribution in [2.45, 2.75) is 6.92 Å². The molecule has 1 aromatic rings. The second-order valence-corrected chi connectivity index (χ2v) is 6.29. The summed E-state index contributed by atoms with van der Waals surface area (Å²) in [6.07, 6.45) is 1.91. The molecule has 0 spiro atoms. The molecule has 0 radical (unpaired) electrons. The number of carbonyl (C=O) groups is 1. The van der Waals surface area contributed by atoms with Crippen LogP contribution in [0.5, 0.6) is 0 Å². The van der Waals surface area contributed by atoms with Gasteiger partial charge in [0, 0.05) is 10.1 Å². The first-order valence-corrected chi connectivity index (χ1v) is 7.43. The van der Waals surface area contributed by atoms with Gasteiger partial charge in [0.1, 0.15) is 4.32 Å². The number of benzene rings is 1. The molecule has 0 unspecified atom stereocenters. The number of hydrogen-bond donors (Lipinski definition) is 0. The minimum Gasteiger partial charge on any atom is -0.293 e. The molecule has 0 N–H and O–H groups in total. The first-order chi connectivity index (χ1) is 8.13. The summed E-state index contributed by atoms with van der Waals surface area (Å²) in [5, 5.41) is 0. The Balaban J connectivity index is 2.34.